The summed E-state index contributed by atoms with van der Waals surface area (Å²) in [6.45, 7) is 5.22. The number of nitrogens with one attached hydrogen (secondary N) is 2. The minimum atomic E-state index is -0.426. The normalized spacial score (nSPS) is 12.4. The topological polar surface area (TPSA) is 59.3 Å². The summed E-state index contributed by atoms with van der Waals surface area (Å²) < 4.78 is 18.4. The first-order valence-corrected chi connectivity index (χ1v) is 5.29. The maximum atomic E-state index is 13.1. The van der Waals surface area contributed by atoms with Crippen LogP contribution in [-0.4, -0.2) is 19.3 Å². The van der Waals surface area contributed by atoms with Crippen molar-refractivity contribution in [2.24, 2.45) is 0 Å². The van der Waals surface area contributed by atoms with E-state index in [9.17, 15) is 4.39 Å². The van der Waals surface area contributed by atoms with Gasteiger partial charge in [-0.25, -0.2) is 9.82 Å². The Morgan fingerprint density at radius 3 is 2.88 bits per heavy atom. The van der Waals surface area contributed by atoms with Crippen LogP contribution < -0.4 is 16.6 Å². The molecule has 4 N–H and O–H groups in total. The Hall–Kier alpha value is -1.33. The predicted octanol–water partition coefficient (Wildman–Crippen LogP) is 1.75. The molecule has 0 spiro atoms. The van der Waals surface area contributed by atoms with Crippen molar-refractivity contribution in [3.63, 3.8) is 0 Å². The molecule has 0 fully saturated rings. The van der Waals surface area contributed by atoms with E-state index >= 15 is 0 Å². The molecule has 0 unspecified atom stereocenters. The highest BCUT2D eigenvalue weighted by Gasteiger charge is 2.01. The zero-order valence-electron chi connectivity index (χ0n) is 9.59. The van der Waals surface area contributed by atoms with Gasteiger partial charge in [-0.1, -0.05) is 0 Å². The first-order valence-electron chi connectivity index (χ1n) is 5.29. The molecule has 0 heterocycles. The summed E-state index contributed by atoms with van der Waals surface area (Å²) in [7, 11) is 0. The van der Waals surface area contributed by atoms with Gasteiger partial charge in [0.1, 0.15) is 5.82 Å². The van der Waals surface area contributed by atoms with E-state index in [0.29, 0.717) is 18.8 Å². The van der Waals surface area contributed by atoms with E-state index in [1.165, 1.54) is 12.1 Å². The molecule has 0 aliphatic rings. The molecule has 90 valence electrons. The fourth-order valence-corrected chi connectivity index (χ4v) is 1.25. The first-order chi connectivity index (χ1) is 7.63. The number of hydrogen-bond acceptors (Lipinski definition) is 4. The number of ether oxygens (including phenoxy) is 1. The predicted molar refractivity (Wildman–Crippen MR) is 63.5 cm³/mol. The Morgan fingerprint density at radius 1 is 1.50 bits per heavy atom. The van der Waals surface area contributed by atoms with Gasteiger partial charge in [0.15, 0.2) is 0 Å². The SMILES string of the molecule is CCO[C@@H](C)CNNc1ccc(N)c(F)c1. The van der Waals surface area contributed by atoms with Crippen molar-refractivity contribution < 1.29 is 9.13 Å². The Balaban J connectivity index is 2.34. The fourth-order valence-electron chi connectivity index (χ4n) is 1.25. The summed E-state index contributed by atoms with van der Waals surface area (Å²) in [5.41, 5.74) is 12.0. The van der Waals surface area contributed by atoms with Crippen LogP contribution in [0.4, 0.5) is 15.8 Å². The molecule has 0 aromatic heterocycles. The molecule has 1 aromatic carbocycles. The highest BCUT2D eigenvalue weighted by molar-refractivity contribution is 5.51. The van der Waals surface area contributed by atoms with E-state index in [0.717, 1.165) is 0 Å². The van der Waals surface area contributed by atoms with Crippen molar-refractivity contribution in [1.82, 2.24) is 5.43 Å². The van der Waals surface area contributed by atoms with Crippen LogP contribution in [0.5, 0.6) is 0 Å². The van der Waals surface area contributed by atoms with Crippen LogP contribution in [0.2, 0.25) is 0 Å². The van der Waals surface area contributed by atoms with E-state index in [1.807, 2.05) is 13.8 Å². The lowest BCUT2D eigenvalue weighted by atomic mass is 10.3. The molecule has 16 heavy (non-hydrogen) atoms. The highest BCUT2D eigenvalue weighted by atomic mass is 19.1. The standard InChI is InChI=1S/C11H18FN3O/c1-3-16-8(2)7-14-15-9-4-5-11(13)10(12)6-9/h4-6,8,14-15H,3,7,13H2,1-2H3/t8-/m0/s1. The molecule has 1 rings (SSSR count). The van der Waals surface area contributed by atoms with Crippen molar-refractivity contribution in [2.75, 3.05) is 24.3 Å². The third-order valence-corrected chi connectivity index (χ3v) is 2.07. The number of nitrogen functional groups attached to an aromatic ring is 1. The van der Waals surface area contributed by atoms with E-state index < -0.39 is 5.82 Å². The maximum Gasteiger partial charge on any atom is 0.148 e. The van der Waals surface area contributed by atoms with Gasteiger partial charge in [-0.15, -0.1) is 0 Å². The van der Waals surface area contributed by atoms with E-state index in [4.69, 9.17) is 10.5 Å². The van der Waals surface area contributed by atoms with Gasteiger partial charge in [0.25, 0.3) is 0 Å². The fraction of sp³-hybridized carbons (Fsp3) is 0.455. The smallest absolute Gasteiger partial charge is 0.148 e. The van der Waals surface area contributed by atoms with Crippen molar-refractivity contribution in [3.8, 4) is 0 Å². The molecule has 0 amide bonds. The van der Waals surface area contributed by atoms with E-state index in [2.05, 4.69) is 10.9 Å². The Bertz CT molecular complexity index is 333. The highest BCUT2D eigenvalue weighted by Crippen LogP contribution is 2.14. The van der Waals surface area contributed by atoms with Crippen LogP contribution in [-0.2, 0) is 4.74 Å². The Kier molecular flexibility index (Phi) is 5.01. The summed E-state index contributed by atoms with van der Waals surface area (Å²) >= 11 is 0. The molecule has 0 saturated carbocycles. The quantitative estimate of drug-likeness (QED) is 0.512. The van der Waals surface area contributed by atoms with Crippen molar-refractivity contribution in [1.29, 1.82) is 0 Å². The third-order valence-electron chi connectivity index (χ3n) is 2.07. The molecule has 0 aliphatic carbocycles. The van der Waals surface area contributed by atoms with Crippen molar-refractivity contribution >= 4 is 11.4 Å². The lowest BCUT2D eigenvalue weighted by Crippen LogP contribution is -2.31. The van der Waals surface area contributed by atoms with Gasteiger partial charge in [0.05, 0.1) is 17.5 Å². The second-order valence-corrected chi connectivity index (χ2v) is 3.51. The summed E-state index contributed by atoms with van der Waals surface area (Å²) in [4.78, 5) is 0. The first kappa shape index (κ1) is 12.7. The summed E-state index contributed by atoms with van der Waals surface area (Å²) in [5.74, 6) is -0.426. The number of anilines is 2. The lowest BCUT2D eigenvalue weighted by molar-refractivity contribution is 0.0775. The number of hydrazine groups is 1. The van der Waals surface area contributed by atoms with Crippen LogP contribution in [0.1, 0.15) is 13.8 Å². The van der Waals surface area contributed by atoms with Crippen molar-refractivity contribution in [3.05, 3.63) is 24.0 Å². The van der Waals surface area contributed by atoms with Gasteiger partial charge in [0, 0.05) is 19.2 Å². The van der Waals surface area contributed by atoms with Gasteiger partial charge < -0.3 is 15.9 Å². The minimum Gasteiger partial charge on any atom is -0.396 e. The average molecular weight is 227 g/mol. The van der Waals surface area contributed by atoms with Gasteiger partial charge in [-0.2, -0.15) is 0 Å². The Labute approximate surface area is 94.9 Å². The van der Waals surface area contributed by atoms with Crippen LogP contribution in [0.15, 0.2) is 18.2 Å². The number of halogens is 1. The van der Waals surface area contributed by atoms with Gasteiger partial charge in [-0.05, 0) is 26.0 Å². The molecule has 1 aromatic rings. The van der Waals surface area contributed by atoms with Gasteiger partial charge in [-0.3, -0.25) is 0 Å². The molecule has 0 aliphatic heterocycles. The molecule has 1 atom stereocenters. The number of rotatable bonds is 6. The number of nitrogens with two attached hydrogens (primary N) is 1. The summed E-state index contributed by atoms with van der Waals surface area (Å²) in [6.07, 6.45) is 0.108. The Morgan fingerprint density at radius 2 is 2.25 bits per heavy atom. The molecule has 0 radical (unpaired) electrons. The molecular formula is C11H18FN3O. The minimum absolute atomic E-state index is 0.108. The monoisotopic (exact) mass is 227 g/mol. The second-order valence-electron chi connectivity index (χ2n) is 3.51. The molecule has 5 heteroatoms. The third kappa shape index (κ3) is 4.04. The zero-order valence-corrected chi connectivity index (χ0v) is 9.59. The summed E-state index contributed by atoms with van der Waals surface area (Å²) in [5, 5.41) is 0. The zero-order chi connectivity index (χ0) is 12.0. The van der Waals surface area contributed by atoms with Gasteiger partial charge in [0.2, 0.25) is 0 Å². The van der Waals surface area contributed by atoms with Gasteiger partial charge >= 0.3 is 0 Å². The van der Waals surface area contributed by atoms with Crippen LogP contribution in [0, 0.1) is 5.82 Å². The van der Waals surface area contributed by atoms with Crippen LogP contribution in [0.3, 0.4) is 0 Å². The number of benzene rings is 1. The molecule has 0 bridgehead atoms. The summed E-state index contributed by atoms with van der Waals surface area (Å²) in [6, 6.07) is 4.57. The number of hydrogen-bond donors (Lipinski definition) is 3. The average Bonchev–Trinajstić information content (AvgIpc) is 2.24. The van der Waals surface area contributed by atoms with Crippen LogP contribution >= 0.6 is 0 Å². The van der Waals surface area contributed by atoms with Crippen molar-refractivity contribution in [2.45, 2.75) is 20.0 Å². The van der Waals surface area contributed by atoms with Crippen LogP contribution in [0.25, 0.3) is 0 Å². The lowest BCUT2D eigenvalue weighted by Gasteiger charge is -2.14. The van der Waals surface area contributed by atoms with E-state index in [1.54, 1.807) is 6.07 Å². The van der Waals surface area contributed by atoms with E-state index in [-0.39, 0.29) is 11.8 Å². The second kappa shape index (κ2) is 6.30. The molecule has 0 saturated heterocycles. The maximum absolute atomic E-state index is 13.1. The molecular weight excluding hydrogens is 209 g/mol. The largest absolute Gasteiger partial charge is 0.396 e. The molecule has 4 nitrogen and oxygen atoms in total.